The molecule has 0 saturated heterocycles. The second kappa shape index (κ2) is 4.09. The van der Waals surface area contributed by atoms with Crippen LogP contribution in [0.1, 0.15) is 5.56 Å². The van der Waals surface area contributed by atoms with E-state index >= 15 is 0 Å². The van der Waals surface area contributed by atoms with E-state index in [9.17, 15) is 0 Å². The van der Waals surface area contributed by atoms with Crippen molar-refractivity contribution in [1.29, 1.82) is 5.26 Å². The molecule has 0 aliphatic rings. The first-order chi connectivity index (χ1) is 5.88. The van der Waals surface area contributed by atoms with Crippen LogP contribution in [0.5, 0.6) is 0 Å². The van der Waals surface area contributed by atoms with E-state index in [1.165, 1.54) is 7.11 Å². The van der Waals surface area contributed by atoms with Crippen LogP contribution in [0.15, 0.2) is 29.7 Å². The topological polar surface area (TPSA) is 58.3 Å². The number of hydrogen-bond acceptors (Lipinski definition) is 4. The number of pyridine rings is 1. The van der Waals surface area contributed by atoms with Gasteiger partial charge in [-0.05, 0) is 12.1 Å². The molecule has 0 amide bonds. The highest BCUT2D eigenvalue weighted by atomic mass is 16.6. The summed E-state index contributed by atoms with van der Waals surface area (Å²) in [5.74, 6) is 0. The molecule has 0 radical (unpaired) electrons. The summed E-state index contributed by atoms with van der Waals surface area (Å²) in [6.07, 6.45) is 3.19. The maximum Gasteiger partial charge on any atom is 0.187 e. The van der Waals surface area contributed by atoms with Gasteiger partial charge in [0.1, 0.15) is 13.2 Å². The third-order valence-electron chi connectivity index (χ3n) is 1.24. The van der Waals surface area contributed by atoms with Gasteiger partial charge in [-0.1, -0.05) is 5.16 Å². The van der Waals surface area contributed by atoms with Crippen molar-refractivity contribution in [2.24, 2.45) is 5.16 Å². The summed E-state index contributed by atoms with van der Waals surface area (Å²) in [6, 6.07) is 5.31. The predicted octanol–water partition coefficient (Wildman–Crippen LogP) is 0.956. The molecule has 0 spiro atoms. The van der Waals surface area contributed by atoms with Crippen LogP contribution >= 0.6 is 0 Å². The van der Waals surface area contributed by atoms with Gasteiger partial charge >= 0.3 is 0 Å². The summed E-state index contributed by atoms with van der Waals surface area (Å²) in [5.41, 5.74) is 0.953. The van der Waals surface area contributed by atoms with Crippen molar-refractivity contribution in [3.8, 4) is 6.07 Å². The SMILES string of the molecule is CO/N=C(\C#N)c1ccncc1. The number of rotatable bonds is 2. The van der Waals surface area contributed by atoms with Crippen molar-refractivity contribution in [2.45, 2.75) is 0 Å². The quantitative estimate of drug-likeness (QED) is 0.479. The fourth-order valence-corrected chi connectivity index (χ4v) is 0.739. The van der Waals surface area contributed by atoms with Crippen molar-refractivity contribution in [3.63, 3.8) is 0 Å². The van der Waals surface area contributed by atoms with Gasteiger partial charge < -0.3 is 4.84 Å². The van der Waals surface area contributed by atoms with Crippen LogP contribution in [-0.4, -0.2) is 17.8 Å². The van der Waals surface area contributed by atoms with Gasteiger partial charge in [0.25, 0.3) is 0 Å². The van der Waals surface area contributed by atoms with E-state index in [1.54, 1.807) is 24.5 Å². The number of aromatic nitrogens is 1. The second-order valence-corrected chi connectivity index (χ2v) is 1.97. The highest BCUT2D eigenvalue weighted by Crippen LogP contribution is 1.98. The minimum Gasteiger partial charge on any atom is -0.398 e. The molecule has 0 N–H and O–H groups in total. The molecule has 0 fully saturated rings. The van der Waals surface area contributed by atoms with Gasteiger partial charge in [-0.3, -0.25) is 4.98 Å². The molecule has 0 aromatic carbocycles. The summed E-state index contributed by atoms with van der Waals surface area (Å²) in [4.78, 5) is 8.31. The van der Waals surface area contributed by atoms with Crippen molar-refractivity contribution in [2.75, 3.05) is 7.11 Å². The minimum absolute atomic E-state index is 0.250. The first-order valence-electron chi connectivity index (χ1n) is 3.30. The van der Waals surface area contributed by atoms with Crippen LogP contribution in [0.4, 0.5) is 0 Å². The average Bonchev–Trinajstić information content (AvgIpc) is 2.15. The summed E-state index contributed by atoms with van der Waals surface area (Å²) < 4.78 is 0. The Hall–Kier alpha value is -1.89. The fraction of sp³-hybridized carbons (Fsp3) is 0.125. The number of oxime groups is 1. The van der Waals surface area contributed by atoms with Crippen molar-refractivity contribution in [3.05, 3.63) is 30.1 Å². The Morgan fingerprint density at radius 1 is 1.58 bits per heavy atom. The summed E-state index contributed by atoms with van der Waals surface area (Å²) in [7, 11) is 1.40. The summed E-state index contributed by atoms with van der Waals surface area (Å²) in [5, 5.41) is 12.2. The molecular weight excluding hydrogens is 154 g/mol. The molecule has 0 saturated carbocycles. The fourth-order valence-electron chi connectivity index (χ4n) is 0.739. The average molecular weight is 161 g/mol. The molecule has 0 bridgehead atoms. The van der Waals surface area contributed by atoms with Gasteiger partial charge in [0.05, 0.1) is 0 Å². The molecule has 1 aromatic rings. The Labute approximate surface area is 70.1 Å². The Morgan fingerprint density at radius 2 is 2.25 bits per heavy atom. The molecule has 1 aromatic heterocycles. The lowest BCUT2D eigenvalue weighted by Crippen LogP contribution is -1.97. The smallest absolute Gasteiger partial charge is 0.187 e. The monoisotopic (exact) mass is 161 g/mol. The first-order valence-corrected chi connectivity index (χ1v) is 3.30. The van der Waals surface area contributed by atoms with E-state index in [2.05, 4.69) is 15.0 Å². The lowest BCUT2D eigenvalue weighted by molar-refractivity contribution is 0.214. The van der Waals surface area contributed by atoms with Gasteiger partial charge in [-0.2, -0.15) is 5.26 Å². The number of hydrogen-bond donors (Lipinski definition) is 0. The second-order valence-electron chi connectivity index (χ2n) is 1.97. The molecule has 60 valence electrons. The van der Waals surface area contributed by atoms with E-state index in [-0.39, 0.29) is 5.71 Å². The van der Waals surface area contributed by atoms with Crippen molar-refractivity contribution in [1.82, 2.24) is 4.98 Å². The highest BCUT2D eigenvalue weighted by molar-refractivity contribution is 6.11. The molecule has 0 aliphatic carbocycles. The van der Waals surface area contributed by atoms with Crippen LogP contribution < -0.4 is 0 Å². The Morgan fingerprint density at radius 3 is 2.75 bits per heavy atom. The zero-order valence-electron chi connectivity index (χ0n) is 6.56. The van der Waals surface area contributed by atoms with Gasteiger partial charge in [-0.25, -0.2) is 0 Å². The normalized spacial score (nSPS) is 10.5. The molecule has 0 atom stereocenters. The predicted molar refractivity (Wildman–Crippen MR) is 43.4 cm³/mol. The zero-order valence-corrected chi connectivity index (χ0v) is 6.56. The standard InChI is InChI=1S/C8H7N3O/c1-12-11-8(6-9)7-2-4-10-5-3-7/h2-5H,1H3/b11-8+. The third-order valence-corrected chi connectivity index (χ3v) is 1.24. The maximum absolute atomic E-state index is 8.63. The van der Waals surface area contributed by atoms with Gasteiger partial charge in [0.2, 0.25) is 0 Å². The maximum atomic E-state index is 8.63. The van der Waals surface area contributed by atoms with E-state index in [0.717, 1.165) is 0 Å². The third kappa shape index (κ3) is 1.80. The molecule has 1 rings (SSSR count). The highest BCUT2D eigenvalue weighted by Gasteiger charge is 2.00. The molecule has 12 heavy (non-hydrogen) atoms. The summed E-state index contributed by atoms with van der Waals surface area (Å²) in [6.45, 7) is 0. The summed E-state index contributed by atoms with van der Waals surface area (Å²) >= 11 is 0. The Kier molecular flexibility index (Phi) is 2.79. The largest absolute Gasteiger partial charge is 0.398 e. The molecule has 0 unspecified atom stereocenters. The van der Waals surface area contributed by atoms with Crippen molar-refractivity contribution < 1.29 is 4.84 Å². The van der Waals surface area contributed by atoms with Crippen LogP contribution in [0.3, 0.4) is 0 Å². The first kappa shape index (κ1) is 8.21. The van der Waals surface area contributed by atoms with E-state index in [1.807, 2.05) is 6.07 Å². The Balaban J connectivity index is 2.98. The Bertz CT molecular complexity index is 313. The van der Waals surface area contributed by atoms with E-state index in [0.29, 0.717) is 5.56 Å². The molecular formula is C8H7N3O. The number of nitriles is 1. The lowest BCUT2D eigenvalue weighted by atomic mass is 10.2. The number of nitrogens with zero attached hydrogens (tertiary/aromatic N) is 3. The van der Waals surface area contributed by atoms with Crippen molar-refractivity contribution >= 4 is 5.71 Å². The van der Waals surface area contributed by atoms with Crippen LogP contribution in [-0.2, 0) is 4.84 Å². The van der Waals surface area contributed by atoms with Gasteiger partial charge in [-0.15, -0.1) is 0 Å². The molecule has 4 heteroatoms. The van der Waals surface area contributed by atoms with E-state index < -0.39 is 0 Å². The minimum atomic E-state index is 0.250. The zero-order chi connectivity index (χ0) is 8.81. The molecule has 1 heterocycles. The van der Waals surface area contributed by atoms with Gasteiger partial charge in [0.15, 0.2) is 5.71 Å². The van der Waals surface area contributed by atoms with Crippen LogP contribution in [0.2, 0.25) is 0 Å². The lowest BCUT2D eigenvalue weighted by Gasteiger charge is -1.94. The van der Waals surface area contributed by atoms with E-state index in [4.69, 9.17) is 5.26 Å². The van der Waals surface area contributed by atoms with Crippen LogP contribution in [0, 0.1) is 11.3 Å². The van der Waals surface area contributed by atoms with Gasteiger partial charge in [0, 0.05) is 18.0 Å². The molecule has 0 aliphatic heterocycles. The molecule has 4 nitrogen and oxygen atoms in total. The van der Waals surface area contributed by atoms with Crippen LogP contribution in [0.25, 0.3) is 0 Å².